The van der Waals surface area contributed by atoms with Crippen molar-refractivity contribution in [2.75, 3.05) is 5.73 Å². The molecule has 5 N–H and O–H groups in total. The summed E-state index contributed by atoms with van der Waals surface area (Å²) in [6.45, 7) is 8.48. The molecule has 196 valence electrons. The number of amides is 1. The molecule has 1 rings (SSSR count). The molecule has 1 amide bonds. The van der Waals surface area contributed by atoms with Crippen LogP contribution in [0.25, 0.3) is 0 Å². The first-order valence-corrected chi connectivity index (χ1v) is 11.8. The van der Waals surface area contributed by atoms with Crippen LogP contribution in [-0.4, -0.2) is 58.7 Å². The molecule has 1 unspecified atom stereocenters. The molecule has 0 spiro atoms. The molecule has 0 heterocycles. The van der Waals surface area contributed by atoms with Crippen molar-refractivity contribution in [2.24, 2.45) is 11.8 Å². The molecule has 0 aromatic heterocycles. The summed E-state index contributed by atoms with van der Waals surface area (Å²) >= 11 is 0. The largest absolute Gasteiger partial charge is 0.505 e. The van der Waals surface area contributed by atoms with Crippen molar-refractivity contribution in [1.82, 2.24) is 5.32 Å². The first kappa shape index (κ1) is 29.9. The predicted octanol–water partition coefficient (Wildman–Crippen LogP) is 2.35. The number of aliphatic hydroxyl groups is 1. The molecule has 10 heteroatoms. The number of hydrogen-bond donors (Lipinski definition) is 4. The van der Waals surface area contributed by atoms with Crippen molar-refractivity contribution in [2.45, 2.75) is 84.7 Å². The van der Waals surface area contributed by atoms with Crippen LogP contribution < -0.4 is 11.1 Å². The summed E-state index contributed by atoms with van der Waals surface area (Å²) in [6.07, 6.45) is -1.14. The number of esters is 2. The van der Waals surface area contributed by atoms with Crippen LogP contribution in [0.3, 0.4) is 0 Å². The number of ether oxygens (including phenoxy) is 2. The van der Waals surface area contributed by atoms with Crippen molar-refractivity contribution >= 4 is 29.8 Å². The summed E-state index contributed by atoms with van der Waals surface area (Å²) in [5.41, 5.74) is 5.47. The SMILES string of the molecule is CCCC[C@@H](C(=O)O[C@H](C)C(C=O)NC(=O)c1cccc(N)c1O)[C@@H](OC(=O)CC(C)C)[C@H](C)O. The summed E-state index contributed by atoms with van der Waals surface area (Å²) in [6, 6.07) is 2.99. The van der Waals surface area contributed by atoms with Gasteiger partial charge >= 0.3 is 11.9 Å². The van der Waals surface area contributed by atoms with Gasteiger partial charge in [-0.25, -0.2) is 0 Å². The number of unbranched alkanes of at least 4 members (excludes halogenated alkanes) is 1. The molecule has 0 radical (unpaired) electrons. The second kappa shape index (κ2) is 14.3. The Labute approximate surface area is 206 Å². The van der Waals surface area contributed by atoms with E-state index in [-0.39, 0.29) is 23.6 Å². The lowest BCUT2D eigenvalue weighted by molar-refractivity contribution is -0.173. The van der Waals surface area contributed by atoms with Gasteiger partial charge in [0.05, 0.1) is 23.3 Å². The van der Waals surface area contributed by atoms with Gasteiger partial charge in [0, 0.05) is 6.42 Å². The highest BCUT2D eigenvalue weighted by Crippen LogP contribution is 2.25. The second-order valence-electron chi connectivity index (χ2n) is 9.06. The van der Waals surface area contributed by atoms with E-state index in [2.05, 4.69) is 5.32 Å². The zero-order valence-corrected chi connectivity index (χ0v) is 21.0. The Kier molecular flexibility index (Phi) is 12.2. The maximum Gasteiger partial charge on any atom is 0.313 e. The Morgan fingerprint density at radius 3 is 2.34 bits per heavy atom. The van der Waals surface area contributed by atoms with Gasteiger partial charge in [-0.1, -0.05) is 39.7 Å². The van der Waals surface area contributed by atoms with E-state index in [4.69, 9.17) is 15.2 Å². The third kappa shape index (κ3) is 9.20. The highest BCUT2D eigenvalue weighted by molar-refractivity contribution is 5.99. The maximum absolute atomic E-state index is 13.1. The van der Waals surface area contributed by atoms with Crippen molar-refractivity contribution < 1.29 is 38.9 Å². The van der Waals surface area contributed by atoms with Gasteiger partial charge in [0.15, 0.2) is 5.75 Å². The van der Waals surface area contributed by atoms with E-state index in [0.717, 1.165) is 6.42 Å². The van der Waals surface area contributed by atoms with Gasteiger partial charge in [0.1, 0.15) is 24.5 Å². The number of nitrogen functional groups attached to an aromatic ring is 1. The number of aldehydes is 1. The van der Waals surface area contributed by atoms with Gasteiger partial charge in [0.2, 0.25) is 0 Å². The second-order valence-corrected chi connectivity index (χ2v) is 9.06. The minimum absolute atomic E-state index is 0.00488. The van der Waals surface area contributed by atoms with E-state index in [0.29, 0.717) is 19.1 Å². The molecule has 0 saturated carbocycles. The fourth-order valence-corrected chi connectivity index (χ4v) is 3.47. The van der Waals surface area contributed by atoms with Crippen LogP contribution in [-0.2, 0) is 23.9 Å². The minimum atomic E-state index is -1.23. The van der Waals surface area contributed by atoms with Crippen molar-refractivity contribution in [1.29, 1.82) is 0 Å². The monoisotopic (exact) mass is 494 g/mol. The van der Waals surface area contributed by atoms with Crippen LogP contribution in [0, 0.1) is 11.8 Å². The van der Waals surface area contributed by atoms with Gasteiger partial charge in [-0.15, -0.1) is 0 Å². The van der Waals surface area contributed by atoms with Gasteiger partial charge in [0.25, 0.3) is 5.91 Å². The first-order valence-electron chi connectivity index (χ1n) is 11.8. The van der Waals surface area contributed by atoms with Crippen LogP contribution in [0.2, 0.25) is 0 Å². The van der Waals surface area contributed by atoms with E-state index in [9.17, 15) is 29.4 Å². The number of benzene rings is 1. The molecule has 0 saturated heterocycles. The molecule has 0 bridgehead atoms. The van der Waals surface area contributed by atoms with Crippen molar-refractivity contribution in [3.8, 4) is 5.75 Å². The molecule has 1 aromatic carbocycles. The Morgan fingerprint density at radius 2 is 1.80 bits per heavy atom. The van der Waals surface area contributed by atoms with E-state index < -0.39 is 53.9 Å². The number of carbonyl (C=O) groups excluding carboxylic acids is 4. The number of aliphatic hydroxyl groups excluding tert-OH is 1. The van der Waals surface area contributed by atoms with Crippen LogP contribution in [0.5, 0.6) is 5.75 Å². The average Bonchev–Trinajstić information content (AvgIpc) is 2.77. The molecule has 10 nitrogen and oxygen atoms in total. The van der Waals surface area contributed by atoms with Crippen LogP contribution in [0.4, 0.5) is 5.69 Å². The molecule has 0 fully saturated rings. The van der Waals surface area contributed by atoms with Gasteiger partial charge < -0.3 is 35.5 Å². The number of phenols is 1. The van der Waals surface area contributed by atoms with Crippen molar-refractivity contribution in [3.63, 3.8) is 0 Å². The molecule has 0 aliphatic rings. The fourth-order valence-electron chi connectivity index (χ4n) is 3.47. The maximum atomic E-state index is 13.1. The van der Waals surface area contributed by atoms with Crippen LogP contribution in [0.15, 0.2) is 18.2 Å². The number of hydrogen-bond acceptors (Lipinski definition) is 9. The van der Waals surface area contributed by atoms with E-state index in [1.165, 1.54) is 32.0 Å². The van der Waals surface area contributed by atoms with E-state index in [1.807, 2.05) is 20.8 Å². The summed E-state index contributed by atoms with van der Waals surface area (Å²) < 4.78 is 10.9. The number of nitrogens with two attached hydrogens (primary N) is 1. The fraction of sp³-hybridized carbons (Fsp3) is 0.600. The normalized spacial score (nSPS) is 15.4. The van der Waals surface area contributed by atoms with Crippen LogP contribution >= 0.6 is 0 Å². The number of para-hydroxylation sites is 1. The zero-order chi connectivity index (χ0) is 26.7. The minimum Gasteiger partial charge on any atom is -0.505 e. The highest BCUT2D eigenvalue weighted by atomic mass is 16.6. The standard InChI is InChI=1S/C25H38N2O8/c1-6-7-9-18(23(15(4)29)35-21(30)12-14(2)3)25(33)34-16(5)20(13-28)27-24(32)17-10-8-11-19(26)22(17)31/h8,10-11,13-16,18,20,23,29,31H,6-7,9,12,26H2,1-5H3,(H,27,32)/t15-,16+,18+,20?,23-/m0/s1. The first-order chi connectivity index (χ1) is 16.4. The Morgan fingerprint density at radius 1 is 1.14 bits per heavy atom. The lowest BCUT2D eigenvalue weighted by atomic mass is 9.92. The molecule has 5 atom stereocenters. The molecule has 1 aromatic rings. The van der Waals surface area contributed by atoms with Gasteiger partial charge in [-0.3, -0.25) is 14.4 Å². The summed E-state index contributed by atoms with van der Waals surface area (Å²) in [7, 11) is 0. The number of nitrogens with one attached hydrogen (secondary N) is 1. The average molecular weight is 495 g/mol. The quantitative estimate of drug-likeness (QED) is 0.131. The number of carbonyl (C=O) groups is 4. The number of aromatic hydroxyl groups is 1. The van der Waals surface area contributed by atoms with Gasteiger partial charge in [-0.2, -0.15) is 0 Å². The summed E-state index contributed by atoms with van der Waals surface area (Å²) in [5, 5.41) is 22.7. The van der Waals surface area contributed by atoms with Gasteiger partial charge in [-0.05, 0) is 38.3 Å². The Balaban J connectivity index is 3.00. The van der Waals surface area contributed by atoms with E-state index >= 15 is 0 Å². The van der Waals surface area contributed by atoms with Crippen LogP contribution in [0.1, 0.15) is 70.7 Å². The molecular weight excluding hydrogens is 456 g/mol. The highest BCUT2D eigenvalue weighted by Gasteiger charge is 2.37. The topological polar surface area (TPSA) is 165 Å². The third-order valence-electron chi connectivity index (χ3n) is 5.45. The summed E-state index contributed by atoms with van der Waals surface area (Å²) in [5.74, 6) is -3.43. The lowest BCUT2D eigenvalue weighted by Crippen LogP contribution is -2.47. The van der Waals surface area contributed by atoms with E-state index in [1.54, 1.807) is 0 Å². The summed E-state index contributed by atoms with van der Waals surface area (Å²) in [4.78, 5) is 49.5. The predicted molar refractivity (Wildman–Crippen MR) is 129 cm³/mol. The number of rotatable bonds is 14. The number of phenolic OH excluding ortho intramolecular Hbond substituents is 1. The molecule has 35 heavy (non-hydrogen) atoms. The van der Waals surface area contributed by atoms with Crippen molar-refractivity contribution in [3.05, 3.63) is 23.8 Å². The smallest absolute Gasteiger partial charge is 0.313 e. The molecule has 0 aliphatic heterocycles. The lowest BCUT2D eigenvalue weighted by Gasteiger charge is -2.30. The zero-order valence-electron chi connectivity index (χ0n) is 21.0. The molecular formula is C25H38N2O8. The molecule has 0 aliphatic carbocycles. The number of anilines is 1. The Hall–Kier alpha value is -3.14. The Bertz CT molecular complexity index is 871. The third-order valence-corrected chi connectivity index (χ3v) is 5.45.